The fourth-order valence-corrected chi connectivity index (χ4v) is 3.79. The van der Waals surface area contributed by atoms with E-state index in [1.807, 2.05) is 29.8 Å². The lowest BCUT2D eigenvalue weighted by Gasteiger charge is -2.42. The zero-order chi connectivity index (χ0) is 18.0. The summed E-state index contributed by atoms with van der Waals surface area (Å²) >= 11 is 0. The average Bonchev–Trinajstić information content (AvgIpc) is 2.77. The topological polar surface area (TPSA) is 67.7 Å². The van der Waals surface area contributed by atoms with Gasteiger partial charge in [0.25, 0.3) is 5.91 Å². The molecule has 0 radical (unpaired) electrons. The van der Waals surface area contributed by atoms with Gasteiger partial charge in [0.1, 0.15) is 0 Å². The fourth-order valence-electron chi connectivity index (χ4n) is 3.79. The quantitative estimate of drug-likeness (QED) is 0.820. The van der Waals surface area contributed by atoms with Gasteiger partial charge in [0.2, 0.25) is 5.91 Å². The van der Waals surface area contributed by atoms with Gasteiger partial charge >= 0.3 is 0 Å². The molecule has 2 aliphatic rings. The molecule has 0 bridgehead atoms. The molecular formula is C18H28N4O3. The van der Waals surface area contributed by atoms with Crippen molar-refractivity contribution in [3.63, 3.8) is 0 Å². The standard InChI is InChI=1S/C18H28N4O3/c1-14-12-15(19-20(14)2)16(23)21-8-5-9-22(11-10-21)17(24)18(13-25-3)6-4-7-18/h12H,4-11,13H2,1-3H3. The number of aromatic nitrogens is 2. The Bertz CT molecular complexity index is 631. The molecule has 1 saturated carbocycles. The van der Waals surface area contributed by atoms with Crippen LogP contribution in [0, 0.1) is 12.3 Å². The molecular weight excluding hydrogens is 320 g/mol. The highest BCUT2D eigenvalue weighted by Gasteiger charge is 2.46. The molecule has 0 aromatic carbocycles. The molecule has 0 spiro atoms. The fraction of sp³-hybridized carbons (Fsp3) is 0.722. The number of amides is 2. The second-order valence-electron chi connectivity index (χ2n) is 7.30. The summed E-state index contributed by atoms with van der Waals surface area (Å²) in [5.74, 6) is 0.150. The molecule has 2 amide bonds. The first kappa shape index (κ1) is 17.9. The molecule has 138 valence electrons. The summed E-state index contributed by atoms with van der Waals surface area (Å²) in [5, 5.41) is 4.28. The van der Waals surface area contributed by atoms with Gasteiger partial charge in [-0.3, -0.25) is 14.3 Å². The highest BCUT2D eigenvalue weighted by molar-refractivity contribution is 5.92. The van der Waals surface area contributed by atoms with Crippen LogP contribution in [0.2, 0.25) is 0 Å². The van der Waals surface area contributed by atoms with Gasteiger partial charge in [0.15, 0.2) is 5.69 Å². The van der Waals surface area contributed by atoms with Crippen molar-refractivity contribution >= 4 is 11.8 Å². The van der Waals surface area contributed by atoms with Crippen LogP contribution in [0.15, 0.2) is 6.07 Å². The third-order valence-corrected chi connectivity index (χ3v) is 5.59. The summed E-state index contributed by atoms with van der Waals surface area (Å²) in [6, 6.07) is 1.82. The first-order valence-corrected chi connectivity index (χ1v) is 9.05. The van der Waals surface area contributed by atoms with E-state index in [2.05, 4.69) is 5.10 Å². The number of aryl methyl sites for hydroxylation is 2. The maximum absolute atomic E-state index is 13.0. The molecule has 1 saturated heterocycles. The Morgan fingerprint density at radius 3 is 2.40 bits per heavy atom. The predicted octanol–water partition coefficient (Wildman–Crippen LogP) is 1.22. The third kappa shape index (κ3) is 3.42. The van der Waals surface area contributed by atoms with E-state index in [0.29, 0.717) is 38.5 Å². The van der Waals surface area contributed by atoms with E-state index in [-0.39, 0.29) is 17.2 Å². The highest BCUT2D eigenvalue weighted by atomic mass is 16.5. The number of hydrogen-bond donors (Lipinski definition) is 0. The summed E-state index contributed by atoms with van der Waals surface area (Å²) < 4.78 is 7.01. The van der Waals surface area contributed by atoms with Gasteiger partial charge in [-0.15, -0.1) is 0 Å². The van der Waals surface area contributed by atoms with Crippen molar-refractivity contribution < 1.29 is 14.3 Å². The lowest BCUT2D eigenvalue weighted by molar-refractivity contribution is -0.152. The monoisotopic (exact) mass is 348 g/mol. The van der Waals surface area contributed by atoms with Crippen LogP contribution in [0.5, 0.6) is 0 Å². The summed E-state index contributed by atoms with van der Waals surface area (Å²) in [5.41, 5.74) is 1.11. The smallest absolute Gasteiger partial charge is 0.274 e. The normalized spacial score (nSPS) is 20.1. The van der Waals surface area contributed by atoms with Crippen LogP contribution in [0.1, 0.15) is 41.9 Å². The Morgan fingerprint density at radius 1 is 1.16 bits per heavy atom. The zero-order valence-electron chi connectivity index (χ0n) is 15.5. The van der Waals surface area contributed by atoms with Gasteiger partial charge in [0, 0.05) is 46.0 Å². The van der Waals surface area contributed by atoms with Crippen LogP contribution in [0.4, 0.5) is 0 Å². The van der Waals surface area contributed by atoms with Gasteiger partial charge in [-0.25, -0.2) is 0 Å². The van der Waals surface area contributed by atoms with Crippen molar-refractivity contribution in [1.82, 2.24) is 19.6 Å². The minimum absolute atomic E-state index is 0.0479. The summed E-state index contributed by atoms with van der Waals surface area (Å²) in [4.78, 5) is 29.4. The second kappa shape index (κ2) is 7.15. The van der Waals surface area contributed by atoms with Gasteiger partial charge in [-0.05, 0) is 32.3 Å². The molecule has 3 rings (SSSR count). The maximum atomic E-state index is 13.0. The van der Waals surface area contributed by atoms with E-state index in [1.165, 1.54) is 0 Å². The van der Waals surface area contributed by atoms with Crippen molar-refractivity contribution in [3.05, 3.63) is 17.5 Å². The van der Waals surface area contributed by atoms with Gasteiger partial charge in [-0.2, -0.15) is 5.10 Å². The van der Waals surface area contributed by atoms with Crippen molar-refractivity contribution in [1.29, 1.82) is 0 Å². The first-order valence-electron chi connectivity index (χ1n) is 9.05. The summed E-state index contributed by atoms with van der Waals surface area (Å²) in [6.07, 6.45) is 3.71. The summed E-state index contributed by atoms with van der Waals surface area (Å²) in [6.45, 7) is 4.94. The molecule has 1 aliphatic carbocycles. The zero-order valence-corrected chi connectivity index (χ0v) is 15.5. The second-order valence-corrected chi connectivity index (χ2v) is 7.30. The van der Waals surface area contributed by atoms with E-state index in [0.717, 1.165) is 31.4 Å². The van der Waals surface area contributed by atoms with Crippen LogP contribution >= 0.6 is 0 Å². The Hall–Kier alpha value is -1.89. The minimum atomic E-state index is -0.327. The average molecular weight is 348 g/mol. The van der Waals surface area contributed by atoms with E-state index in [4.69, 9.17) is 4.74 Å². The van der Waals surface area contributed by atoms with Crippen molar-refractivity contribution in [2.24, 2.45) is 12.5 Å². The lowest BCUT2D eigenvalue weighted by atomic mass is 9.68. The Labute approximate surface area is 148 Å². The molecule has 0 N–H and O–H groups in total. The number of nitrogens with zero attached hydrogens (tertiary/aromatic N) is 4. The first-order chi connectivity index (χ1) is 12.0. The number of carbonyl (C=O) groups excluding carboxylic acids is 2. The molecule has 2 heterocycles. The Morgan fingerprint density at radius 2 is 1.84 bits per heavy atom. The SMILES string of the molecule is COCC1(C(=O)N2CCCN(C(=O)c3cc(C)n(C)n3)CC2)CCC1. The van der Waals surface area contributed by atoms with Crippen molar-refractivity contribution in [3.8, 4) is 0 Å². The number of methoxy groups -OCH3 is 1. The van der Waals surface area contributed by atoms with Gasteiger partial charge < -0.3 is 14.5 Å². The predicted molar refractivity (Wildman–Crippen MR) is 93.2 cm³/mol. The molecule has 7 nitrogen and oxygen atoms in total. The largest absolute Gasteiger partial charge is 0.384 e. The molecule has 0 unspecified atom stereocenters. The number of ether oxygens (including phenoxy) is 1. The Balaban J connectivity index is 1.64. The molecule has 1 aromatic heterocycles. The molecule has 25 heavy (non-hydrogen) atoms. The molecule has 7 heteroatoms. The number of carbonyl (C=O) groups is 2. The van der Waals surface area contributed by atoms with E-state index < -0.39 is 0 Å². The van der Waals surface area contributed by atoms with E-state index >= 15 is 0 Å². The maximum Gasteiger partial charge on any atom is 0.274 e. The number of hydrogen-bond acceptors (Lipinski definition) is 4. The van der Waals surface area contributed by atoms with Crippen LogP contribution < -0.4 is 0 Å². The minimum Gasteiger partial charge on any atom is -0.384 e. The van der Waals surface area contributed by atoms with Gasteiger partial charge in [0.05, 0.1) is 12.0 Å². The van der Waals surface area contributed by atoms with Gasteiger partial charge in [-0.1, -0.05) is 6.42 Å². The Kier molecular flexibility index (Phi) is 5.13. The molecule has 1 aromatic rings. The highest BCUT2D eigenvalue weighted by Crippen LogP contribution is 2.42. The number of rotatable bonds is 4. The van der Waals surface area contributed by atoms with E-state index in [9.17, 15) is 9.59 Å². The van der Waals surface area contributed by atoms with Crippen LogP contribution in [0.3, 0.4) is 0 Å². The van der Waals surface area contributed by atoms with Crippen LogP contribution in [-0.4, -0.2) is 71.3 Å². The third-order valence-electron chi connectivity index (χ3n) is 5.59. The van der Waals surface area contributed by atoms with Crippen LogP contribution in [-0.2, 0) is 16.6 Å². The molecule has 1 aliphatic heterocycles. The van der Waals surface area contributed by atoms with Crippen LogP contribution in [0.25, 0.3) is 0 Å². The lowest BCUT2D eigenvalue weighted by Crippen LogP contribution is -2.51. The van der Waals surface area contributed by atoms with E-state index in [1.54, 1.807) is 11.8 Å². The summed E-state index contributed by atoms with van der Waals surface area (Å²) in [7, 11) is 3.49. The van der Waals surface area contributed by atoms with Crippen molar-refractivity contribution in [2.45, 2.75) is 32.6 Å². The molecule has 0 atom stereocenters. The molecule has 2 fully saturated rings. The van der Waals surface area contributed by atoms with Crippen molar-refractivity contribution in [2.75, 3.05) is 39.9 Å².